The number of rotatable bonds is 5. The number of nitrogens with zero attached hydrogens (tertiary/aromatic N) is 1. The molecule has 0 unspecified atom stereocenters. The highest BCUT2D eigenvalue weighted by Crippen LogP contribution is 2.32. The van der Waals surface area contributed by atoms with Crippen molar-refractivity contribution in [2.75, 3.05) is 13.7 Å². The van der Waals surface area contributed by atoms with E-state index in [1.54, 1.807) is 37.5 Å². The standard InChI is InChI=1S/C19H18N2O4S/c1-3-25-16-9-12(7-8-15(16)22)10-17-18(23)21-19(26-17)20-13-5-4-6-14(11-13)24-2/h4-11,22H,3H2,1-2H3,(H,20,21,23)/b17-10-. The molecule has 0 saturated carbocycles. The van der Waals surface area contributed by atoms with Gasteiger partial charge in [0.2, 0.25) is 0 Å². The van der Waals surface area contributed by atoms with Gasteiger partial charge in [-0.25, -0.2) is 4.99 Å². The number of phenolic OH excluding ortho intramolecular Hbond substituents is 1. The second-order valence-corrected chi connectivity index (χ2v) is 6.37. The van der Waals surface area contributed by atoms with Crippen molar-refractivity contribution in [3.8, 4) is 17.2 Å². The monoisotopic (exact) mass is 370 g/mol. The number of hydrogen-bond acceptors (Lipinski definition) is 6. The van der Waals surface area contributed by atoms with Gasteiger partial charge in [-0.15, -0.1) is 0 Å². The molecule has 0 radical (unpaired) electrons. The number of nitrogens with one attached hydrogen (secondary N) is 1. The molecular formula is C19H18N2O4S. The van der Waals surface area contributed by atoms with E-state index in [9.17, 15) is 9.90 Å². The molecule has 2 aromatic rings. The highest BCUT2D eigenvalue weighted by molar-refractivity contribution is 8.18. The van der Waals surface area contributed by atoms with E-state index < -0.39 is 0 Å². The number of hydrogen-bond donors (Lipinski definition) is 2. The molecule has 1 saturated heterocycles. The SMILES string of the molecule is CCOc1cc(/C=C2\SC(=Nc3cccc(OC)c3)NC2=O)ccc1O. The van der Waals surface area contributed by atoms with Gasteiger partial charge in [0.1, 0.15) is 5.75 Å². The molecule has 2 N–H and O–H groups in total. The molecule has 0 aliphatic carbocycles. The first-order chi connectivity index (χ1) is 12.6. The van der Waals surface area contributed by atoms with Crippen LogP contribution in [-0.4, -0.2) is 29.9 Å². The first kappa shape index (κ1) is 17.9. The summed E-state index contributed by atoms with van der Waals surface area (Å²) in [5.74, 6) is 0.931. The van der Waals surface area contributed by atoms with Gasteiger partial charge in [-0.2, -0.15) is 0 Å². The number of methoxy groups -OCH3 is 1. The second kappa shape index (κ2) is 7.97. The van der Waals surface area contributed by atoms with Gasteiger partial charge in [0.05, 0.1) is 24.3 Å². The van der Waals surface area contributed by atoms with E-state index in [0.29, 0.717) is 33.9 Å². The molecule has 0 spiro atoms. The second-order valence-electron chi connectivity index (χ2n) is 5.34. The maximum absolute atomic E-state index is 12.2. The van der Waals surface area contributed by atoms with Crippen LogP contribution in [0, 0.1) is 0 Å². The van der Waals surface area contributed by atoms with Crippen LogP contribution in [0.2, 0.25) is 0 Å². The molecule has 1 aliphatic heterocycles. The minimum Gasteiger partial charge on any atom is -0.504 e. The Bertz CT molecular complexity index is 893. The molecule has 2 aromatic carbocycles. The number of phenols is 1. The number of amides is 1. The van der Waals surface area contributed by atoms with Crippen LogP contribution in [0.4, 0.5) is 5.69 Å². The lowest BCUT2D eigenvalue weighted by molar-refractivity contribution is -0.115. The Morgan fingerprint density at radius 1 is 1.27 bits per heavy atom. The number of carbonyl (C=O) groups excluding carboxylic acids is 1. The minimum atomic E-state index is -0.220. The van der Waals surface area contributed by atoms with Crippen LogP contribution in [0.3, 0.4) is 0 Å². The summed E-state index contributed by atoms with van der Waals surface area (Å²) in [4.78, 5) is 17.1. The molecular weight excluding hydrogens is 352 g/mol. The van der Waals surface area contributed by atoms with Gasteiger partial charge in [0.25, 0.3) is 5.91 Å². The Morgan fingerprint density at radius 2 is 2.12 bits per heavy atom. The molecule has 1 amide bonds. The van der Waals surface area contributed by atoms with Crippen LogP contribution in [0.15, 0.2) is 52.4 Å². The summed E-state index contributed by atoms with van der Waals surface area (Å²) < 4.78 is 10.5. The van der Waals surface area contributed by atoms with Crippen molar-refractivity contribution >= 4 is 34.6 Å². The predicted octanol–water partition coefficient (Wildman–Crippen LogP) is 3.69. The van der Waals surface area contributed by atoms with Crippen molar-refractivity contribution < 1.29 is 19.4 Å². The van der Waals surface area contributed by atoms with Crippen LogP contribution < -0.4 is 14.8 Å². The number of aliphatic imine (C=N–C) groups is 1. The minimum absolute atomic E-state index is 0.0674. The van der Waals surface area contributed by atoms with Gasteiger partial charge in [-0.05, 0) is 54.6 Å². The van der Waals surface area contributed by atoms with E-state index in [2.05, 4.69) is 10.3 Å². The van der Waals surface area contributed by atoms with Crippen molar-refractivity contribution in [3.63, 3.8) is 0 Å². The fourth-order valence-electron chi connectivity index (χ4n) is 2.32. The van der Waals surface area contributed by atoms with Crippen molar-refractivity contribution in [2.24, 2.45) is 4.99 Å². The van der Waals surface area contributed by atoms with Crippen LogP contribution in [0.1, 0.15) is 12.5 Å². The van der Waals surface area contributed by atoms with E-state index in [4.69, 9.17) is 9.47 Å². The van der Waals surface area contributed by atoms with Gasteiger partial charge in [0.15, 0.2) is 16.7 Å². The molecule has 0 atom stereocenters. The summed E-state index contributed by atoms with van der Waals surface area (Å²) >= 11 is 1.25. The van der Waals surface area contributed by atoms with Crippen LogP contribution in [0.5, 0.6) is 17.2 Å². The zero-order valence-corrected chi connectivity index (χ0v) is 15.2. The lowest BCUT2D eigenvalue weighted by Crippen LogP contribution is -2.19. The number of ether oxygens (including phenoxy) is 2. The maximum atomic E-state index is 12.2. The average Bonchev–Trinajstić information content (AvgIpc) is 2.97. The van der Waals surface area contributed by atoms with Gasteiger partial charge in [0, 0.05) is 6.07 Å². The Balaban J connectivity index is 1.82. The molecule has 1 aliphatic rings. The average molecular weight is 370 g/mol. The van der Waals surface area contributed by atoms with Gasteiger partial charge < -0.3 is 19.9 Å². The fourth-order valence-corrected chi connectivity index (χ4v) is 3.16. The van der Waals surface area contributed by atoms with E-state index in [0.717, 1.165) is 5.56 Å². The lowest BCUT2D eigenvalue weighted by Gasteiger charge is -2.06. The first-order valence-electron chi connectivity index (χ1n) is 7.98. The smallest absolute Gasteiger partial charge is 0.264 e. The number of amidine groups is 1. The van der Waals surface area contributed by atoms with Crippen molar-refractivity contribution in [2.45, 2.75) is 6.92 Å². The third-order valence-corrected chi connectivity index (χ3v) is 4.43. The highest BCUT2D eigenvalue weighted by atomic mass is 32.2. The molecule has 1 heterocycles. The number of benzene rings is 2. The predicted molar refractivity (Wildman–Crippen MR) is 103 cm³/mol. The zero-order valence-electron chi connectivity index (χ0n) is 14.4. The third kappa shape index (κ3) is 4.18. The van der Waals surface area contributed by atoms with E-state index in [-0.39, 0.29) is 11.7 Å². The van der Waals surface area contributed by atoms with Crippen LogP contribution in [-0.2, 0) is 4.79 Å². The summed E-state index contributed by atoms with van der Waals surface area (Å²) in [6.07, 6.45) is 1.73. The van der Waals surface area contributed by atoms with Crippen molar-refractivity contribution in [3.05, 3.63) is 52.9 Å². The molecule has 134 valence electrons. The largest absolute Gasteiger partial charge is 0.504 e. The summed E-state index contributed by atoms with van der Waals surface area (Å²) in [7, 11) is 1.59. The molecule has 6 nitrogen and oxygen atoms in total. The number of aromatic hydroxyl groups is 1. The topological polar surface area (TPSA) is 80.2 Å². The maximum Gasteiger partial charge on any atom is 0.264 e. The molecule has 1 fully saturated rings. The van der Waals surface area contributed by atoms with E-state index in [1.807, 2.05) is 25.1 Å². The Hall–Kier alpha value is -2.93. The normalized spacial score (nSPS) is 16.8. The van der Waals surface area contributed by atoms with Gasteiger partial charge in [-0.3, -0.25) is 4.79 Å². The molecule has 26 heavy (non-hydrogen) atoms. The van der Waals surface area contributed by atoms with E-state index >= 15 is 0 Å². The van der Waals surface area contributed by atoms with Crippen LogP contribution >= 0.6 is 11.8 Å². The first-order valence-corrected chi connectivity index (χ1v) is 8.80. The van der Waals surface area contributed by atoms with Crippen molar-refractivity contribution in [1.82, 2.24) is 5.32 Å². The zero-order chi connectivity index (χ0) is 18.5. The Kier molecular flexibility index (Phi) is 5.48. The number of carbonyl (C=O) groups is 1. The quantitative estimate of drug-likeness (QED) is 0.785. The Labute approximate surface area is 155 Å². The van der Waals surface area contributed by atoms with Crippen LogP contribution in [0.25, 0.3) is 6.08 Å². The summed E-state index contributed by atoms with van der Waals surface area (Å²) in [6.45, 7) is 2.28. The Morgan fingerprint density at radius 3 is 2.88 bits per heavy atom. The van der Waals surface area contributed by atoms with Crippen molar-refractivity contribution in [1.29, 1.82) is 0 Å². The summed E-state index contributed by atoms with van der Waals surface area (Å²) in [5, 5.41) is 13.0. The summed E-state index contributed by atoms with van der Waals surface area (Å²) in [5.41, 5.74) is 1.45. The molecule has 0 aromatic heterocycles. The number of thioether (sulfide) groups is 1. The lowest BCUT2D eigenvalue weighted by atomic mass is 10.2. The molecule has 7 heteroatoms. The summed E-state index contributed by atoms with van der Waals surface area (Å²) in [6, 6.07) is 12.2. The molecule has 3 rings (SSSR count). The molecule has 0 bridgehead atoms. The van der Waals surface area contributed by atoms with E-state index in [1.165, 1.54) is 11.8 Å². The van der Waals surface area contributed by atoms with Gasteiger partial charge in [-0.1, -0.05) is 12.1 Å². The van der Waals surface area contributed by atoms with Gasteiger partial charge >= 0.3 is 0 Å². The third-order valence-electron chi connectivity index (χ3n) is 3.52. The highest BCUT2D eigenvalue weighted by Gasteiger charge is 2.24. The fraction of sp³-hybridized carbons (Fsp3) is 0.158.